The van der Waals surface area contributed by atoms with Crippen molar-refractivity contribution in [1.29, 1.82) is 0 Å². The number of halogens is 1. The summed E-state index contributed by atoms with van der Waals surface area (Å²) in [6, 6.07) is 0. The third kappa shape index (κ3) is 14.1. The van der Waals surface area contributed by atoms with Gasteiger partial charge in [0.1, 0.15) is 6.23 Å². The SMILES string of the molecule is C=C/C(Cl)=C\C(=C)C(CC(C)CN1CCC(COC(=O)NC)CC1)=NC(C)OC1(C)CNCCN(CCO)CCNC1. The summed E-state index contributed by atoms with van der Waals surface area (Å²) in [6.45, 7) is 23.4. The Balaban J connectivity index is 2.00. The summed E-state index contributed by atoms with van der Waals surface area (Å²) < 4.78 is 11.8. The van der Waals surface area contributed by atoms with Gasteiger partial charge in [0.2, 0.25) is 0 Å². The molecule has 240 valence electrons. The fourth-order valence-corrected chi connectivity index (χ4v) is 5.60. The first-order chi connectivity index (χ1) is 20.1. The van der Waals surface area contributed by atoms with Crippen LogP contribution in [0.2, 0.25) is 0 Å². The number of likely N-dealkylation sites (tertiary alicyclic amines) is 1. The predicted octanol–water partition coefficient (Wildman–Crippen LogP) is 2.99. The van der Waals surface area contributed by atoms with Gasteiger partial charge in [0, 0.05) is 70.1 Å². The molecule has 2 aliphatic heterocycles. The number of piperidine rings is 1. The Labute approximate surface area is 258 Å². The van der Waals surface area contributed by atoms with Gasteiger partial charge in [-0.05, 0) is 69.7 Å². The minimum atomic E-state index is -0.444. The van der Waals surface area contributed by atoms with Crippen LogP contribution in [0.25, 0.3) is 0 Å². The van der Waals surface area contributed by atoms with Crippen molar-refractivity contribution in [1.82, 2.24) is 25.8 Å². The topological polar surface area (TPSA) is 111 Å². The Bertz CT molecular complexity index is 894. The minimum absolute atomic E-state index is 0.171. The van der Waals surface area contributed by atoms with E-state index < -0.39 is 5.60 Å². The van der Waals surface area contributed by atoms with Gasteiger partial charge in [0.25, 0.3) is 0 Å². The van der Waals surface area contributed by atoms with Crippen molar-refractivity contribution in [2.75, 3.05) is 85.7 Å². The van der Waals surface area contributed by atoms with Gasteiger partial charge in [0.05, 0.1) is 18.8 Å². The first-order valence-electron chi connectivity index (χ1n) is 15.3. The van der Waals surface area contributed by atoms with Crippen molar-refractivity contribution in [3.8, 4) is 0 Å². The molecule has 2 rings (SSSR count). The molecule has 0 aromatic heterocycles. The van der Waals surface area contributed by atoms with Gasteiger partial charge in [-0.15, -0.1) is 0 Å². The number of amides is 1. The second kappa shape index (κ2) is 19.5. The molecule has 2 fully saturated rings. The van der Waals surface area contributed by atoms with Gasteiger partial charge >= 0.3 is 6.09 Å². The number of β-amino-alcohol motifs (C(OH)–C–C–N with tert-alkyl or cyclic N) is 1. The highest BCUT2D eigenvalue weighted by Gasteiger charge is 2.28. The van der Waals surface area contributed by atoms with Gasteiger partial charge in [0.15, 0.2) is 0 Å². The zero-order valence-electron chi connectivity index (χ0n) is 26.3. The summed E-state index contributed by atoms with van der Waals surface area (Å²) in [5.41, 5.74) is 1.21. The van der Waals surface area contributed by atoms with Crippen molar-refractivity contribution in [2.45, 2.75) is 51.9 Å². The lowest BCUT2D eigenvalue weighted by molar-refractivity contribution is -0.0695. The maximum Gasteiger partial charge on any atom is 0.406 e. The number of ether oxygens (including phenoxy) is 2. The van der Waals surface area contributed by atoms with E-state index >= 15 is 0 Å². The molecule has 0 aromatic carbocycles. The van der Waals surface area contributed by atoms with Crippen molar-refractivity contribution >= 4 is 23.4 Å². The lowest BCUT2D eigenvalue weighted by atomic mass is 9.94. The molecule has 2 heterocycles. The fourth-order valence-electron chi connectivity index (χ4n) is 5.47. The molecule has 2 aliphatic rings. The Morgan fingerprint density at radius 1 is 1.19 bits per heavy atom. The Kier molecular flexibility index (Phi) is 16.9. The third-order valence-corrected chi connectivity index (χ3v) is 8.03. The normalized spacial score (nSPS) is 21.8. The molecule has 2 saturated heterocycles. The number of nitrogens with one attached hydrogen (secondary N) is 3. The maximum absolute atomic E-state index is 11.4. The van der Waals surface area contributed by atoms with E-state index in [1.54, 1.807) is 13.1 Å². The van der Waals surface area contributed by atoms with Gasteiger partial charge < -0.3 is 35.4 Å². The summed E-state index contributed by atoms with van der Waals surface area (Å²) in [4.78, 5) is 21.2. The summed E-state index contributed by atoms with van der Waals surface area (Å²) in [7, 11) is 1.58. The van der Waals surface area contributed by atoms with Gasteiger partial charge in [-0.25, -0.2) is 4.79 Å². The largest absolute Gasteiger partial charge is 0.449 e. The number of nitrogens with zero attached hydrogens (tertiary/aromatic N) is 3. The molecule has 0 radical (unpaired) electrons. The van der Waals surface area contributed by atoms with Gasteiger partial charge in [-0.3, -0.25) is 9.89 Å². The number of hydrogen-bond donors (Lipinski definition) is 4. The van der Waals surface area contributed by atoms with Crippen LogP contribution in [0.5, 0.6) is 0 Å². The molecule has 0 saturated carbocycles. The fraction of sp³-hybridized carbons (Fsp3) is 0.742. The number of carbonyl (C=O) groups is 1. The van der Waals surface area contributed by atoms with E-state index in [1.165, 1.54) is 0 Å². The number of allylic oxidation sites excluding steroid dienone is 4. The molecule has 11 heteroatoms. The molecule has 0 aliphatic carbocycles. The van der Waals surface area contributed by atoms with E-state index in [-0.39, 0.29) is 18.9 Å². The van der Waals surface area contributed by atoms with Crippen LogP contribution in [-0.2, 0) is 9.47 Å². The molecule has 0 spiro atoms. The number of rotatable bonds is 14. The van der Waals surface area contributed by atoms with Crippen LogP contribution in [0.1, 0.15) is 40.0 Å². The highest BCUT2D eigenvalue weighted by atomic mass is 35.5. The number of hydrogen-bond acceptors (Lipinski definition) is 9. The van der Waals surface area contributed by atoms with E-state index in [4.69, 9.17) is 26.1 Å². The number of aliphatic hydroxyl groups is 1. The maximum atomic E-state index is 11.4. The van der Waals surface area contributed by atoms with Crippen molar-refractivity contribution in [3.63, 3.8) is 0 Å². The van der Waals surface area contributed by atoms with Crippen LogP contribution in [-0.4, -0.2) is 124 Å². The second-order valence-electron chi connectivity index (χ2n) is 11.8. The zero-order chi connectivity index (χ0) is 31.0. The van der Waals surface area contributed by atoms with E-state index in [1.807, 2.05) is 13.0 Å². The standard InChI is InChI=1S/C31H55ClN6O4/c1-7-28(32)19-25(3)29(18-24(2)20-38-12-8-27(9-13-38)21-41-30(40)33-6)36-26(4)42-31(5)22-34-10-14-37(16-17-39)15-11-35-23-31/h7,19,24,26-27,34-35,39H,1,3,8-18,20-23H2,2,4-6H3,(H,33,40)/b28-19+,36-29?. The van der Waals surface area contributed by atoms with Crippen molar-refractivity contribution < 1.29 is 19.4 Å². The zero-order valence-corrected chi connectivity index (χ0v) is 27.1. The van der Waals surface area contributed by atoms with Crippen LogP contribution in [0, 0.1) is 11.8 Å². The molecule has 42 heavy (non-hydrogen) atoms. The molecule has 0 bridgehead atoms. The summed E-state index contributed by atoms with van der Waals surface area (Å²) in [6.07, 6.45) is 5.45. The third-order valence-electron chi connectivity index (χ3n) is 7.77. The number of aliphatic hydroxyl groups excluding tert-OH is 1. The van der Waals surface area contributed by atoms with E-state index in [9.17, 15) is 9.90 Å². The predicted molar refractivity (Wildman–Crippen MR) is 172 cm³/mol. The summed E-state index contributed by atoms with van der Waals surface area (Å²) in [5.74, 6) is 0.749. The number of carbonyl (C=O) groups excluding carboxylic acids is 1. The van der Waals surface area contributed by atoms with Crippen LogP contribution in [0.15, 0.2) is 40.9 Å². The quantitative estimate of drug-likeness (QED) is 0.176. The van der Waals surface area contributed by atoms with Crippen LogP contribution >= 0.6 is 11.6 Å². The van der Waals surface area contributed by atoms with E-state index in [2.05, 4.69) is 52.8 Å². The lowest BCUT2D eigenvalue weighted by Gasteiger charge is -2.35. The minimum Gasteiger partial charge on any atom is -0.449 e. The van der Waals surface area contributed by atoms with Crippen LogP contribution in [0.3, 0.4) is 0 Å². The average molecular weight is 611 g/mol. The van der Waals surface area contributed by atoms with E-state index in [0.29, 0.717) is 43.1 Å². The van der Waals surface area contributed by atoms with Crippen molar-refractivity contribution in [3.05, 3.63) is 35.9 Å². The molecular weight excluding hydrogens is 556 g/mol. The highest BCUT2D eigenvalue weighted by Crippen LogP contribution is 2.22. The molecule has 10 nitrogen and oxygen atoms in total. The van der Waals surface area contributed by atoms with E-state index in [0.717, 1.165) is 76.4 Å². The summed E-state index contributed by atoms with van der Waals surface area (Å²) in [5, 5.41) is 19.4. The number of alkyl carbamates (subject to hydrolysis) is 1. The van der Waals surface area contributed by atoms with Crippen LogP contribution < -0.4 is 16.0 Å². The molecule has 4 N–H and O–H groups in total. The van der Waals surface area contributed by atoms with Gasteiger partial charge in [-0.1, -0.05) is 37.8 Å². The van der Waals surface area contributed by atoms with Gasteiger partial charge in [-0.2, -0.15) is 0 Å². The monoisotopic (exact) mass is 610 g/mol. The Hall–Kier alpha value is -1.79. The molecule has 2 unspecified atom stereocenters. The molecule has 0 aromatic rings. The lowest BCUT2D eigenvalue weighted by Crippen LogP contribution is -2.53. The smallest absolute Gasteiger partial charge is 0.406 e. The van der Waals surface area contributed by atoms with Crippen LogP contribution in [0.4, 0.5) is 4.79 Å². The summed E-state index contributed by atoms with van der Waals surface area (Å²) >= 11 is 6.29. The molecule has 2 atom stereocenters. The Morgan fingerprint density at radius 2 is 1.83 bits per heavy atom. The first-order valence-corrected chi connectivity index (χ1v) is 15.7. The van der Waals surface area contributed by atoms with Crippen molar-refractivity contribution in [2.24, 2.45) is 16.8 Å². The first kappa shape index (κ1) is 36.4. The molecular formula is C31H55ClN6O4. The number of aliphatic imine (C=N–C) groups is 1. The Morgan fingerprint density at radius 3 is 2.40 bits per heavy atom. The molecule has 1 amide bonds. The average Bonchev–Trinajstić information content (AvgIpc) is 2.96. The second-order valence-corrected chi connectivity index (χ2v) is 12.3. The highest BCUT2D eigenvalue weighted by molar-refractivity contribution is 6.31.